The summed E-state index contributed by atoms with van der Waals surface area (Å²) in [5.74, 6) is 2.88. The van der Waals surface area contributed by atoms with E-state index >= 15 is 0 Å². The maximum atomic E-state index is 13.1. The maximum Gasteiger partial charge on any atom is 0.224 e. The fraction of sp³-hybridized carbons (Fsp3) is 0.833. The number of hydrogen-bond acceptors (Lipinski definition) is 2. The van der Waals surface area contributed by atoms with Crippen molar-refractivity contribution in [3.05, 3.63) is 11.6 Å². The molecular weight excluding hydrogens is 334 g/mol. The molecule has 3 fully saturated rings. The van der Waals surface area contributed by atoms with Gasteiger partial charge in [-0.25, -0.2) is 0 Å². The van der Waals surface area contributed by atoms with Gasteiger partial charge in [0.05, 0.1) is 0 Å². The van der Waals surface area contributed by atoms with Crippen LogP contribution in [0.2, 0.25) is 0 Å². The van der Waals surface area contributed by atoms with E-state index in [1.165, 1.54) is 24.8 Å². The lowest BCUT2D eigenvalue weighted by molar-refractivity contribution is -0.134. The highest BCUT2D eigenvalue weighted by atomic mass is 16.2. The first-order chi connectivity index (χ1) is 12.5. The molecule has 1 N–H and O–H groups in total. The zero-order valence-electron chi connectivity index (χ0n) is 17.9. The molecule has 0 heterocycles. The van der Waals surface area contributed by atoms with Gasteiger partial charge < -0.3 is 5.32 Å². The van der Waals surface area contributed by atoms with Gasteiger partial charge in [-0.05, 0) is 100 Å². The van der Waals surface area contributed by atoms with Crippen LogP contribution in [0, 0.1) is 34.5 Å². The second kappa shape index (κ2) is 6.19. The molecule has 6 atom stereocenters. The van der Waals surface area contributed by atoms with Gasteiger partial charge in [0.2, 0.25) is 5.91 Å². The van der Waals surface area contributed by atoms with Crippen LogP contribution in [0.3, 0.4) is 0 Å². The Hall–Kier alpha value is -1.12. The topological polar surface area (TPSA) is 46.2 Å². The standard InChI is InChI=1S/C24H37NO2/c1-22(2,3)25-21(27)20-9-8-18-17-7-6-15-14-16(26)10-12-23(15,4)19(17)11-13-24(18,20)5/h14,17-20H,6-13H2,1-5H3,(H,25,27)/t17-,18+,19+,20-,23-,24+/m1/s1. The first-order valence-electron chi connectivity index (χ1n) is 11.1. The summed E-state index contributed by atoms with van der Waals surface area (Å²) in [7, 11) is 0. The highest BCUT2D eigenvalue weighted by molar-refractivity contribution is 5.91. The third-order valence-corrected chi connectivity index (χ3v) is 8.78. The summed E-state index contributed by atoms with van der Waals surface area (Å²) in [5.41, 5.74) is 1.65. The molecule has 27 heavy (non-hydrogen) atoms. The highest BCUT2D eigenvalue weighted by Crippen LogP contribution is 2.66. The molecule has 0 saturated heterocycles. The normalized spacial score (nSPS) is 44.0. The molecule has 0 aromatic carbocycles. The van der Waals surface area contributed by atoms with Crippen LogP contribution in [-0.2, 0) is 9.59 Å². The van der Waals surface area contributed by atoms with E-state index < -0.39 is 0 Å². The SMILES string of the molecule is CC(C)(C)NC(=O)[C@H]1CC[C@H]2[C@H]3CCC4=CC(=O)CC[C@@]4(C)[C@H]3CC[C@]12C. The van der Waals surface area contributed by atoms with E-state index in [0.29, 0.717) is 17.6 Å². The van der Waals surface area contributed by atoms with Crippen molar-refractivity contribution >= 4 is 11.7 Å². The van der Waals surface area contributed by atoms with Crippen molar-refractivity contribution in [2.75, 3.05) is 0 Å². The first kappa shape index (κ1) is 19.2. The van der Waals surface area contributed by atoms with Crippen molar-refractivity contribution in [2.45, 2.75) is 91.5 Å². The first-order valence-corrected chi connectivity index (χ1v) is 11.1. The number of carbonyl (C=O) groups is 2. The van der Waals surface area contributed by atoms with Gasteiger partial charge in [0, 0.05) is 17.9 Å². The van der Waals surface area contributed by atoms with Gasteiger partial charge in [0.25, 0.3) is 0 Å². The van der Waals surface area contributed by atoms with Crippen molar-refractivity contribution < 1.29 is 9.59 Å². The molecule has 1 amide bonds. The van der Waals surface area contributed by atoms with Crippen LogP contribution in [0.15, 0.2) is 11.6 Å². The van der Waals surface area contributed by atoms with Crippen molar-refractivity contribution in [3.63, 3.8) is 0 Å². The van der Waals surface area contributed by atoms with Gasteiger partial charge >= 0.3 is 0 Å². The zero-order valence-corrected chi connectivity index (χ0v) is 17.9. The van der Waals surface area contributed by atoms with Gasteiger partial charge in [0.15, 0.2) is 5.78 Å². The van der Waals surface area contributed by atoms with E-state index in [-0.39, 0.29) is 28.2 Å². The van der Waals surface area contributed by atoms with Crippen LogP contribution >= 0.6 is 0 Å². The average Bonchev–Trinajstić information content (AvgIpc) is 2.91. The number of allylic oxidation sites excluding steroid dienone is 1. The Morgan fingerprint density at radius 2 is 1.78 bits per heavy atom. The Balaban J connectivity index is 1.58. The van der Waals surface area contributed by atoms with E-state index in [0.717, 1.165) is 38.0 Å². The van der Waals surface area contributed by atoms with E-state index in [2.05, 4.69) is 39.9 Å². The largest absolute Gasteiger partial charge is 0.351 e. The van der Waals surface area contributed by atoms with Crippen molar-refractivity contribution in [1.29, 1.82) is 0 Å². The van der Waals surface area contributed by atoms with Gasteiger partial charge in [0.1, 0.15) is 0 Å². The monoisotopic (exact) mass is 371 g/mol. The fourth-order valence-electron chi connectivity index (χ4n) is 7.45. The van der Waals surface area contributed by atoms with E-state index in [9.17, 15) is 9.59 Å². The van der Waals surface area contributed by atoms with Gasteiger partial charge in [-0.3, -0.25) is 9.59 Å². The number of carbonyl (C=O) groups excluding carboxylic acids is 2. The van der Waals surface area contributed by atoms with Crippen molar-refractivity contribution in [2.24, 2.45) is 34.5 Å². The van der Waals surface area contributed by atoms with Crippen LogP contribution in [0.5, 0.6) is 0 Å². The van der Waals surface area contributed by atoms with Crippen LogP contribution in [0.4, 0.5) is 0 Å². The Bertz CT molecular complexity index is 687. The van der Waals surface area contributed by atoms with Crippen LogP contribution < -0.4 is 5.32 Å². The lowest BCUT2D eigenvalue weighted by Crippen LogP contribution is -2.53. The smallest absolute Gasteiger partial charge is 0.224 e. The quantitative estimate of drug-likeness (QED) is 0.701. The summed E-state index contributed by atoms with van der Waals surface area (Å²) in [4.78, 5) is 25.0. The molecule has 0 bridgehead atoms. The zero-order chi connectivity index (χ0) is 19.6. The minimum atomic E-state index is -0.157. The average molecular weight is 372 g/mol. The summed E-state index contributed by atoms with van der Waals surface area (Å²) in [5, 5.41) is 3.26. The number of hydrogen-bond donors (Lipinski definition) is 1. The molecule has 3 saturated carbocycles. The summed E-state index contributed by atoms with van der Waals surface area (Å²) in [6, 6.07) is 0. The van der Waals surface area contributed by atoms with Gasteiger partial charge in [-0.2, -0.15) is 0 Å². The number of amides is 1. The van der Waals surface area contributed by atoms with E-state index in [1.807, 2.05) is 6.08 Å². The van der Waals surface area contributed by atoms with E-state index in [1.54, 1.807) is 0 Å². The molecule has 0 aliphatic heterocycles. The molecule has 3 heteroatoms. The van der Waals surface area contributed by atoms with E-state index in [4.69, 9.17) is 0 Å². The number of rotatable bonds is 1. The minimum Gasteiger partial charge on any atom is -0.351 e. The van der Waals surface area contributed by atoms with Gasteiger partial charge in [-0.1, -0.05) is 19.4 Å². The lowest BCUT2D eigenvalue weighted by atomic mass is 9.47. The second-order valence-corrected chi connectivity index (χ2v) is 11.4. The van der Waals surface area contributed by atoms with Crippen molar-refractivity contribution in [1.82, 2.24) is 5.32 Å². The Morgan fingerprint density at radius 3 is 2.48 bits per heavy atom. The summed E-state index contributed by atoms with van der Waals surface area (Å²) in [6.07, 6.45) is 10.7. The molecule has 4 rings (SSSR count). The fourth-order valence-corrected chi connectivity index (χ4v) is 7.45. The molecule has 0 unspecified atom stereocenters. The summed E-state index contributed by atoms with van der Waals surface area (Å²) >= 11 is 0. The molecule has 150 valence electrons. The molecular formula is C24H37NO2. The van der Waals surface area contributed by atoms with Gasteiger partial charge in [-0.15, -0.1) is 0 Å². The molecule has 4 aliphatic rings. The Labute approximate surface area is 164 Å². The molecule has 0 aromatic heterocycles. The van der Waals surface area contributed by atoms with Crippen LogP contribution in [-0.4, -0.2) is 17.2 Å². The highest BCUT2D eigenvalue weighted by Gasteiger charge is 2.60. The third-order valence-electron chi connectivity index (χ3n) is 8.78. The number of ketones is 1. The molecule has 3 nitrogen and oxygen atoms in total. The Morgan fingerprint density at radius 1 is 1.04 bits per heavy atom. The summed E-state index contributed by atoms with van der Waals surface area (Å²) in [6.45, 7) is 11.1. The maximum absolute atomic E-state index is 13.1. The molecule has 0 spiro atoms. The Kier molecular flexibility index (Phi) is 4.40. The number of fused-ring (bicyclic) bond motifs is 5. The lowest BCUT2D eigenvalue weighted by Gasteiger charge is -2.58. The molecule has 0 radical (unpaired) electrons. The second-order valence-electron chi connectivity index (χ2n) is 11.4. The van der Waals surface area contributed by atoms with Crippen molar-refractivity contribution in [3.8, 4) is 0 Å². The van der Waals surface area contributed by atoms with Crippen LogP contribution in [0.25, 0.3) is 0 Å². The summed E-state index contributed by atoms with van der Waals surface area (Å²) < 4.78 is 0. The molecule has 4 aliphatic carbocycles. The third kappa shape index (κ3) is 3.00. The number of nitrogens with one attached hydrogen (secondary N) is 1. The predicted molar refractivity (Wildman–Crippen MR) is 108 cm³/mol. The molecule has 0 aromatic rings. The predicted octanol–water partition coefficient (Wildman–Crippen LogP) is 5.05. The minimum absolute atomic E-state index is 0.151. The van der Waals surface area contributed by atoms with Crippen LogP contribution in [0.1, 0.15) is 86.0 Å².